The average Bonchev–Trinajstić information content (AvgIpc) is 3.01. The van der Waals surface area contributed by atoms with Crippen molar-refractivity contribution in [2.24, 2.45) is 0 Å². The van der Waals surface area contributed by atoms with Gasteiger partial charge in [0.15, 0.2) is 11.5 Å². The van der Waals surface area contributed by atoms with E-state index >= 15 is 0 Å². The zero-order valence-electron chi connectivity index (χ0n) is 21.6. The largest absolute Gasteiger partial charge is 0.493 e. The highest BCUT2D eigenvalue weighted by atomic mass is 35.5. The van der Waals surface area contributed by atoms with Crippen molar-refractivity contribution in [1.29, 1.82) is 0 Å². The summed E-state index contributed by atoms with van der Waals surface area (Å²) >= 11 is 0. The quantitative estimate of drug-likeness (QED) is 0.405. The smallest absolute Gasteiger partial charge is 0.228 e. The van der Waals surface area contributed by atoms with Crippen LogP contribution in [0.1, 0.15) is 48.6 Å². The Hall–Kier alpha value is -2.76. The van der Waals surface area contributed by atoms with E-state index in [0.717, 1.165) is 24.0 Å². The maximum atomic E-state index is 13.5. The molecule has 1 aliphatic heterocycles. The second-order valence-corrected chi connectivity index (χ2v) is 9.24. The van der Waals surface area contributed by atoms with Crippen LogP contribution in [-0.4, -0.2) is 49.7 Å². The van der Waals surface area contributed by atoms with Gasteiger partial charge in [0.1, 0.15) is 0 Å². The number of hydrogen-bond donors (Lipinski definition) is 0. The maximum Gasteiger partial charge on any atom is 0.228 e. The van der Waals surface area contributed by atoms with Crippen LogP contribution in [0.3, 0.4) is 0 Å². The standard InChI is InChI=1S/C29H36N2O3.ClH/c1-7-27(30(4)20(3)29-19(2)12-13-21-10-8-9-11-24(21)29)31-15-14-22-16-25(33-5)26(34-6)17-23(22)18-28(31)32;/h8-13,16-17,20,27H,7,14-15,18H2,1-6H3;1H. The highest BCUT2D eigenvalue weighted by molar-refractivity contribution is 5.87. The Morgan fingerprint density at radius 1 is 1.03 bits per heavy atom. The van der Waals surface area contributed by atoms with Crippen molar-refractivity contribution < 1.29 is 14.3 Å². The summed E-state index contributed by atoms with van der Waals surface area (Å²) in [5.41, 5.74) is 4.80. The van der Waals surface area contributed by atoms with Gasteiger partial charge in [0.05, 0.1) is 26.8 Å². The molecule has 0 saturated carbocycles. The monoisotopic (exact) mass is 496 g/mol. The lowest BCUT2D eigenvalue weighted by molar-refractivity contribution is -0.137. The summed E-state index contributed by atoms with van der Waals surface area (Å²) in [7, 11) is 5.43. The van der Waals surface area contributed by atoms with Crippen LogP contribution in [0.4, 0.5) is 0 Å². The maximum absolute atomic E-state index is 13.5. The Balaban J connectivity index is 0.00000342. The molecule has 0 N–H and O–H groups in total. The van der Waals surface area contributed by atoms with Crippen LogP contribution in [0.5, 0.6) is 11.5 Å². The Morgan fingerprint density at radius 2 is 1.69 bits per heavy atom. The number of ether oxygens (including phenoxy) is 2. The molecule has 5 nitrogen and oxygen atoms in total. The fraction of sp³-hybridized carbons (Fsp3) is 0.414. The van der Waals surface area contributed by atoms with Gasteiger partial charge in [0, 0.05) is 12.6 Å². The zero-order valence-corrected chi connectivity index (χ0v) is 22.4. The molecule has 1 heterocycles. The van der Waals surface area contributed by atoms with Crippen LogP contribution in [0.2, 0.25) is 0 Å². The van der Waals surface area contributed by atoms with Crippen LogP contribution in [0, 0.1) is 6.92 Å². The Bertz CT molecular complexity index is 1200. The molecule has 35 heavy (non-hydrogen) atoms. The molecule has 0 fully saturated rings. The Kier molecular flexibility index (Phi) is 8.68. The van der Waals surface area contributed by atoms with Gasteiger partial charge in [-0.1, -0.05) is 43.3 Å². The van der Waals surface area contributed by atoms with Crippen molar-refractivity contribution in [1.82, 2.24) is 9.80 Å². The molecular formula is C29H37ClN2O3. The van der Waals surface area contributed by atoms with Gasteiger partial charge in [-0.2, -0.15) is 0 Å². The number of carbonyl (C=O) groups excluding carboxylic acids is 1. The summed E-state index contributed by atoms with van der Waals surface area (Å²) in [5, 5.41) is 2.53. The van der Waals surface area contributed by atoms with Crippen LogP contribution >= 0.6 is 12.4 Å². The van der Waals surface area contributed by atoms with E-state index in [0.29, 0.717) is 24.5 Å². The second kappa shape index (κ2) is 11.3. The first kappa shape index (κ1) is 26.8. The second-order valence-electron chi connectivity index (χ2n) is 9.24. The van der Waals surface area contributed by atoms with Crippen molar-refractivity contribution in [2.75, 3.05) is 27.8 Å². The van der Waals surface area contributed by atoms with Gasteiger partial charge in [0.25, 0.3) is 0 Å². The molecule has 188 valence electrons. The number of methoxy groups -OCH3 is 2. The van der Waals surface area contributed by atoms with Crippen molar-refractivity contribution in [3.63, 3.8) is 0 Å². The van der Waals surface area contributed by atoms with E-state index in [1.165, 1.54) is 21.9 Å². The van der Waals surface area contributed by atoms with Gasteiger partial charge in [-0.3, -0.25) is 9.69 Å². The highest BCUT2D eigenvalue weighted by Gasteiger charge is 2.32. The molecule has 4 rings (SSSR count). The summed E-state index contributed by atoms with van der Waals surface area (Å²) < 4.78 is 11.0. The third-order valence-corrected chi connectivity index (χ3v) is 7.40. The predicted molar refractivity (Wildman–Crippen MR) is 145 cm³/mol. The molecular weight excluding hydrogens is 460 g/mol. The molecule has 3 aromatic rings. The van der Waals surface area contributed by atoms with Crippen molar-refractivity contribution in [3.05, 3.63) is 70.8 Å². The Labute approximate surface area is 215 Å². The number of halogens is 1. The third-order valence-electron chi connectivity index (χ3n) is 7.40. The summed E-state index contributed by atoms with van der Waals surface area (Å²) in [6, 6.07) is 17.1. The average molecular weight is 497 g/mol. The molecule has 0 aliphatic carbocycles. The number of aryl methyl sites for hydroxylation is 1. The molecule has 3 aromatic carbocycles. The minimum atomic E-state index is 0. The van der Waals surface area contributed by atoms with E-state index in [9.17, 15) is 4.79 Å². The molecule has 6 heteroatoms. The molecule has 2 unspecified atom stereocenters. The lowest BCUT2D eigenvalue weighted by Gasteiger charge is -2.40. The lowest BCUT2D eigenvalue weighted by Crippen LogP contribution is -2.50. The summed E-state index contributed by atoms with van der Waals surface area (Å²) in [5.74, 6) is 1.55. The van der Waals surface area contributed by atoms with Gasteiger partial charge in [0.2, 0.25) is 5.91 Å². The van der Waals surface area contributed by atoms with E-state index < -0.39 is 0 Å². The van der Waals surface area contributed by atoms with Gasteiger partial charge >= 0.3 is 0 Å². The first-order valence-corrected chi connectivity index (χ1v) is 12.1. The number of amides is 1. The Morgan fingerprint density at radius 3 is 2.34 bits per heavy atom. The summed E-state index contributed by atoms with van der Waals surface area (Å²) in [4.78, 5) is 17.9. The summed E-state index contributed by atoms with van der Waals surface area (Å²) in [6.45, 7) is 7.29. The topological polar surface area (TPSA) is 42.0 Å². The number of nitrogens with zero attached hydrogens (tertiary/aromatic N) is 2. The molecule has 0 radical (unpaired) electrons. The number of fused-ring (bicyclic) bond motifs is 2. The van der Waals surface area contributed by atoms with Gasteiger partial charge < -0.3 is 14.4 Å². The van der Waals surface area contributed by atoms with E-state index in [4.69, 9.17) is 9.47 Å². The first-order valence-electron chi connectivity index (χ1n) is 12.1. The minimum absolute atomic E-state index is 0. The third kappa shape index (κ3) is 5.12. The van der Waals surface area contributed by atoms with E-state index in [-0.39, 0.29) is 30.5 Å². The summed E-state index contributed by atoms with van der Waals surface area (Å²) in [6.07, 6.45) is 2.05. The van der Waals surface area contributed by atoms with Gasteiger partial charge in [-0.15, -0.1) is 12.4 Å². The van der Waals surface area contributed by atoms with Gasteiger partial charge in [-0.05, 0) is 78.9 Å². The highest BCUT2D eigenvalue weighted by Crippen LogP contribution is 2.35. The zero-order chi connectivity index (χ0) is 24.4. The SMILES string of the molecule is CCC(N1CCc2cc(OC)c(OC)cc2CC1=O)N(C)C(C)c1c(C)ccc2ccccc12.Cl. The molecule has 0 spiro atoms. The molecule has 0 saturated heterocycles. The van der Waals surface area contributed by atoms with Crippen molar-refractivity contribution in [2.45, 2.75) is 52.2 Å². The molecule has 0 bridgehead atoms. The predicted octanol–water partition coefficient (Wildman–Crippen LogP) is 5.94. The molecule has 1 amide bonds. The number of rotatable bonds is 7. The van der Waals surface area contributed by atoms with Crippen LogP contribution in [0.15, 0.2) is 48.5 Å². The van der Waals surface area contributed by atoms with Crippen LogP contribution in [0.25, 0.3) is 10.8 Å². The lowest BCUT2D eigenvalue weighted by atomic mass is 9.94. The number of carbonyl (C=O) groups is 1. The molecule has 1 aliphatic rings. The van der Waals surface area contributed by atoms with Crippen LogP contribution in [-0.2, 0) is 17.6 Å². The fourth-order valence-corrected chi connectivity index (χ4v) is 5.45. The first-order chi connectivity index (χ1) is 16.4. The minimum Gasteiger partial charge on any atom is -0.493 e. The van der Waals surface area contributed by atoms with Crippen molar-refractivity contribution in [3.8, 4) is 11.5 Å². The van der Waals surface area contributed by atoms with Crippen molar-refractivity contribution >= 4 is 29.1 Å². The molecule has 2 atom stereocenters. The number of hydrogen-bond acceptors (Lipinski definition) is 4. The van der Waals surface area contributed by atoms with Gasteiger partial charge in [-0.25, -0.2) is 0 Å². The van der Waals surface area contributed by atoms with E-state index in [1.54, 1.807) is 14.2 Å². The van der Waals surface area contributed by atoms with Crippen LogP contribution < -0.4 is 9.47 Å². The van der Waals surface area contributed by atoms with E-state index in [1.807, 2.05) is 12.1 Å². The normalized spacial score (nSPS) is 15.3. The fourth-order valence-electron chi connectivity index (χ4n) is 5.45. The molecule has 0 aromatic heterocycles. The number of benzene rings is 3. The van der Waals surface area contributed by atoms with E-state index in [2.05, 4.69) is 74.0 Å².